The molecule has 1 heterocycles. The number of benzene rings is 4. The number of fused-ring (bicyclic) bond motifs is 2. The average Bonchev–Trinajstić information content (AvgIpc) is 3.37. The molecule has 0 saturated carbocycles. The third-order valence-electron chi connectivity index (χ3n) is 8.58. The summed E-state index contributed by atoms with van der Waals surface area (Å²) in [4.78, 5) is 21.8. The first-order valence-corrected chi connectivity index (χ1v) is 12.6. The second kappa shape index (κ2) is 7.62. The van der Waals surface area contributed by atoms with Crippen molar-refractivity contribution >= 4 is 22.6 Å². The van der Waals surface area contributed by atoms with Crippen LogP contribution in [-0.4, -0.2) is 15.9 Å². The quantitative estimate of drug-likeness (QED) is 0.283. The maximum Gasteiger partial charge on any atom is 0.233 e. The Morgan fingerprint density at radius 1 is 0.892 bits per heavy atom. The van der Waals surface area contributed by atoms with Crippen LogP contribution in [0, 0.1) is 11.2 Å². The highest BCUT2D eigenvalue weighted by atomic mass is 19.1. The number of nitrogens with one attached hydrogen (secondary N) is 2. The molecule has 0 saturated heterocycles. The SMILES string of the molecule is CC12CC(C)(C(=O)Nc3ncc(-c4ccc(F)c5ccccc45)[nH]3)C(c3ccccc31)c1ccccc12. The number of H-pyrrole nitrogens is 1. The van der Waals surface area contributed by atoms with Gasteiger partial charge in [0.05, 0.1) is 17.3 Å². The monoisotopic (exact) mass is 487 g/mol. The molecule has 0 fully saturated rings. The summed E-state index contributed by atoms with van der Waals surface area (Å²) in [5.74, 6) is 0.0271. The maximum atomic E-state index is 14.3. The van der Waals surface area contributed by atoms with E-state index >= 15 is 0 Å². The second-order valence-corrected chi connectivity index (χ2v) is 10.8. The third kappa shape index (κ3) is 3.00. The van der Waals surface area contributed by atoms with E-state index in [1.54, 1.807) is 18.3 Å². The maximum absolute atomic E-state index is 14.3. The molecule has 0 spiro atoms. The summed E-state index contributed by atoms with van der Waals surface area (Å²) < 4.78 is 14.3. The molecule has 2 bridgehead atoms. The number of hydrogen-bond donors (Lipinski definition) is 2. The van der Waals surface area contributed by atoms with Gasteiger partial charge in [-0.25, -0.2) is 9.37 Å². The summed E-state index contributed by atoms with van der Waals surface area (Å²) >= 11 is 0. The van der Waals surface area contributed by atoms with Gasteiger partial charge in [-0.3, -0.25) is 10.1 Å². The van der Waals surface area contributed by atoms with E-state index < -0.39 is 5.41 Å². The molecule has 1 amide bonds. The van der Waals surface area contributed by atoms with Crippen molar-refractivity contribution in [2.75, 3.05) is 5.32 Å². The fourth-order valence-electron chi connectivity index (χ4n) is 7.01. The molecule has 5 heteroatoms. The summed E-state index contributed by atoms with van der Waals surface area (Å²) in [7, 11) is 0. The highest BCUT2D eigenvalue weighted by Gasteiger charge is 2.58. The van der Waals surface area contributed by atoms with Crippen molar-refractivity contribution < 1.29 is 9.18 Å². The van der Waals surface area contributed by atoms with Crippen LogP contribution < -0.4 is 5.32 Å². The van der Waals surface area contributed by atoms with Crippen LogP contribution >= 0.6 is 0 Å². The van der Waals surface area contributed by atoms with Gasteiger partial charge in [-0.05, 0) is 53.1 Å². The van der Waals surface area contributed by atoms with Crippen molar-refractivity contribution in [3.8, 4) is 11.3 Å². The zero-order valence-electron chi connectivity index (χ0n) is 20.7. The van der Waals surface area contributed by atoms with E-state index in [-0.39, 0.29) is 23.1 Å². The van der Waals surface area contributed by atoms with Crippen LogP contribution in [0.1, 0.15) is 48.4 Å². The predicted octanol–water partition coefficient (Wildman–Crippen LogP) is 7.17. The van der Waals surface area contributed by atoms with Gasteiger partial charge < -0.3 is 4.98 Å². The molecule has 1 aromatic heterocycles. The number of carbonyl (C=O) groups excluding carboxylic acids is 1. The minimum absolute atomic E-state index is 0.0443. The van der Waals surface area contributed by atoms with Crippen molar-refractivity contribution in [1.82, 2.24) is 9.97 Å². The number of imidazole rings is 1. The van der Waals surface area contributed by atoms with Gasteiger partial charge in [0.25, 0.3) is 0 Å². The van der Waals surface area contributed by atoms with Crippen LogP contribution in [0.25, 0.3) is 22.0 Å². The van der Waals surface area contributed by atoms with E-state index in [1.165, 1.54) is 28.3 Å². The summed E-state index contributed by atoms with van der Waals surface area (Å²) in [5.41, 5.74) is 5.73. The summed E-state index contributed by atoms with van der Waals surface area (Å²) in [6.07, 6.45) is 2.40. The van der Waals surface area contributed by atoms with Crippen LogP contribution in [0.3, 0.4) is 0 Å². The number of aromatic nitrogens is 2. The van der Waals surface area contributed by atoms with Gasteiger partial charge in [0.1, 0.15) is 5.82 Å². The lowest BCUT2D eigenvalue weighted by molar-refractivity contribution is -0.127. The van der Waals surface area contributed by atoms with Gasteiger partial charge in [-0.2, -0.15) is 0 Å². The summed E-state index contributed by atoms with van der Waals surface area (Å²) in [5, 5.41) is 4.43. The van der Waals surface area contributed by atoms with Crippen LogP contribution in [-0.2, 0) is 10.2 Å². The Labute approximate surface area is 214 Å². The lowest BCUT2D eigenvalue weighted by Crippen LogP contribution is -2.53. The molecule has 182 valence electrons. The molecule has 1 atom stereocenters. The first-order chi connectivity index (χ1) is 17.9. The lowest BCUT2D eigenvalue weighted by Gasteiger charge is -2.55. The molecular weight excluding hydrogens is 461 g/mol. The average molecular weight is 488 g/mol. The lowest BCUT2D eigenvalue weighted by atomic mass is 9.47. The van der Waals surface area contributed by atoms with Crippen LogP contribution in [0.2, 0.25) is 0 Å². The highest BCUT2D eigenvalue weighted by Crippen LogP contribution is 2.63. The van der Waals surface area contributed by atoms with Crippen molar-refractivity contribution in [2.24, 2.45) is 5.41 Å². The number of anilines is 1. The molecular formula is C32H26FN3O. The highest BCUT2D eigenvalue weighted by molar-refractivity contribution is 5.98. The van der Waals surface area contributed by atoms with Gasteiger partial charge in [0, 0.05) is 22.3 Å². The number of amides is 1. The van der Waals surface area contributed by atoms with Crippen LogP contribution in [0.15, 0.2) is 91.1 Å². The van der Waals surface area contributed by atoms with E-state index in [1.807, 2.05) is 18.2 Å². The van der Waals surface area contributed by atoms with E-state index in [0.29, 0.717) is 17.8 Å². The Hall–Kier alpha value is -4.25. The first-order valence-electron chi connectivity index (χ1n) is 12.6. The Morgan fingerprint density at radius 3 is 2.22 bits per heavy atom. The second-order valence-electron chi connectivity index (χ2n) is 10.8. The normalized spacial score (nSPS) is 23.5. The molecule has 3 aliphatic carbocycles. The zero-order valence-corrected chi connectivity index (χ0v) is 20.7. The molecule has 8 rings (SSSR count). The number of hydrogen-bond acceptors (Lipinski definition) is 2. The fourth-order valence-corrected chi connectivity index (χ4v) is 7.01. The van der Waals surface area contributed by atoms with E-state index in [9.17, 15) is 9.18 Å². The third-order valence-corrected chi connectivity index (χ3v) is 8.58. The van der Waals surface area contributed by atoms with Crippen molar-refractivity contribution in [3.05, 3.63) is 119 Å². The molecule has 4 aromatic carbocycles. The molecule has 3 aliphatic rings. The Balaban J connectivity index is 1.26. The van der Waals surface area contributed by atoms with Crippen LogP contribution in [0.4, 0.5) is 10.3 Å². The Bertz CT molecular complexity index is 1670. The summed E-state index contributed by atoms with van der Waals surface area (Å²) in [6, 6.07) is 27.6. The topological polar surface area (TPSA) is 57.8 Å². The Kier molecular flexibility index (Phi) is 4.53. The number of aromatic amines is 1. The molecule has 1 unspecified atom stereocenters. The molecule has 0 radical (unpaired) electrons. The van der Waals surface area contributed by atoms with Gasteiger partial charge in [-0.15, -0.1) is 0 Å². The number of carbonyl (C=O) groups is 1. The van der Waals surface area contributed by atoms with Gasteiger partial charge >= 0.3 is 0 Å². The minimum atomic E-state index is -0.660. The van der Waals surface area contributed by atoms with E-state index in [4.69, 9.17) is 0 Å². The number of rotatable bonds is 3. The molecule has 2 N–H and O–H groups in total. The number of nitrogens with zero attached hydrogens (tertiary/aromatic N) is 1. The number of halogens is 1. The van der Waals surface area contributed by atoms with Gasteiger partial charge in [0.2, 0.25) is 11.9 Å². The predicted molar refractivity (Wildman–Crippen MR) is 144 cm³/mol. The zero-order chi connectivity index (χ0) is 25.4. The molecule has 5 aromatic rings. The fraction of sp³-hybridized carbons (Fsp3) is 0.188. The van der Waals surface area contributed by atoms with E-state index in [2.05, 4.69) is 77.7 Å². The smallest absolute Gasteiger partial charge is 0.233 e. The minimum Gasteiger partial charge on any atom is -0.324 e. The standard InChI is InChI=1S/C32H26FN3O/c1-31-18-32(2,28(22-11-5-7-13-24(22)31)23-12-6-8-14-25(23)31)29(37)36-30-34-17-27(35-30)21-15-16-26(33)20-10-4-3-9-19(20)21/h3-17,28H,18H2,1-2H3,(H2,34,35,36,37). The van der Waals surface area contributed by atoms with Gasteiger partial charge in [-0.1, -0.05) is 79.7 Å². The van der Waals surface area contributed by atoms with Crippen molar-refractivity contribution in [2.45, 2.75) is 31.6 Å². The molecule has 4 nitrogen and oxygen atoms in total. The van der Waals surface area contributed by atoms with E-state index in [0.717, 1.165) is 16.6 Å². The summed E-state index contributed by atoms with van der Waals surface area (Å²) in [6.45, 7) is 4.34. The first kappa shape index (κ1) is 22.0. The molecule has 37 heavy (non-hydrogen) atoms. The van der Waals surface area contributed by atoms with Crippen molar-refractivity contribution in [1.29, 1.82) is 0 Å². The van der Waals surface area contributed by atoms with Crippen LogP contribution in [0.5, 0.6) is 0 Å². The van der Waals surface area contributed by atoms with Gasteiger partial charge in [0.15, 0.2) is 0 Å². The molecule has 0 aliphatic heterocycles. The van der Waals surface area contributed by atoms with Crippen molar-refractivity contribution in [3.63, 3.8) is 0 Å². The largest absolute Gasteiger partial charge is 0.324 e. The Morgan fingerprint density at radius 2 is 1.51 bits per heavy atom.